The molecule has 0 atom stereocenters. The summed E-state index contributed by atoms with van der Waals surface area (Å²) in [5, 5.41) is 0. The summed E-state index contributed by atoms with van der Waals surface area (Å²) in [6, 6.07) is 11.1. The van der Waals surface area contributed by atoms with E-state index in [1.807, 2.05) is 36.4 Å². The van der Waals surface area contributed by atoms with Gasteiger partial charge in [-0.2, -0.15) is 0 Å². The van der Waals surface area contributed by atoms with Crippen molar-refractivity contribution >= 4 is 21.7 Å². The van der Waals surface area contributed by atoms with Crippen LogP contribution in [0.2, 0.25) is 0 Å². The summed E-state index contributed by atoms with van der Waals surface area (Å²) in [5.41, 5.74) is 2.44. The number of sulfonamides is 1. The normalized spacial score (nSPS) is 14.3. The van der Waals surface area contributed by atoms with Crippen LogP contribution in [0.4, 0.5) is 10.5 Å². The summed E-state index contributed by atoms with van der Waals surface area (Å²) in [6.45, 7) is 4.63. The number of anilines is 1. The molecule has 9 nitrogen and oxygen atoms in total. The van der Waals surface area contributed by atoms with Crippen molar-refractivity contribution in [2.24, 2.45) is 0 Å². The van der Waals surface area contributed by atoms with E-state index in [0.717, 1.165) is 42.5 Å². The molecule has 2 amide bonds. The van der Waals surface area contributed by atoms with Crippen LogP contribution in [0.1, 0.15) is 43.7 Å². The minimum Gasteiger partial charge on any atom is -0.496 e. The van der Waals surface area contributed by atoms with Crippen LogP contribution >= 0.6 is 0 Å². The van der Waals surface area contributed by atoms with Crippen LogP contribution < -0.4 is 19.1 Å². The Hall–Kier alpha value is -2.98. The van der Waals surface area contributed by atoms with Gasteiger partial charge in [0.05, 0.1) is 33.6 Å². The molecule has 0 N–H and O–H groups in total. The third kappa shape index (κ3) is 7.52. The highest BCUT2D eigenvalue weighted by atomic mass is 32.2. The van der Waals surface area contributed by atoms with Crippen LogP contribution in [0.15, 0.2) is 36.4 Å². The zero-order chi connectivity index (χ0) is 27.0. The molecule has 1 aliphatic heterocycles. The standard InChI is InChI=1S/C27H39N3O6S/c1-6-7-8-16-36-26-18-23(12-13-24(26)34-3)30-15-9-14-29(27(30)31)20-22-11-10-21(17-25(22)35-4)19-28(2)37(5,32)33/h10-13,17-18H,6-9,14-16,19-20H2,1-5H3. The van der Waals surface area contributed by atoms with E-state index in [1.54, 1.807) is 24.0 Å². The van der Waals surface area contributed by atoms with Crippen molar-refractivity contribution in [1.82, 2.24) is 9.21 Å². The monoisotopic (exact) mass is 533 g/mol. The molecule has 37 heavy (non-hydrogen) atoms. The molecular formula is C27H39N3O6S. The van der Waals surface area contributed by atoms with Gasteiger partial charge in [-0.3, -0.25) is 4.90 Å². The Labute approximate surface area is 220 Å². The minimum atomic E-state index is -3.29. The number of carbonyl (C=O) groups is 1. The van der Waals surface area contributed by atoms with Gasteiger partial charge in [-0.1, -0.05) is 31.9 Å². The molecule has 0 bridgehead atoms. The quantitative estimate of drug-likeness (QED) is 0.353. The van der Waals surface area contributed by atoms with E-state index >= 15 is 0 Å². The first-order chi connectivity index (χ1) is 17.7. The maximum absolute atomic E-state index is 13.5. The first-order valence-corrected chi connectivity index (χ1v) is 14.5. The number of amides is 2. The molecule has 204 valence electrons. The van der Waals surface area contributed by atoms with Crippen molar-refractivity contribution in [3.63, 3.8) is 0 Å². The average molecular weight is 534 g/mol. The molecule has 2 aromatic rings. The van der Waals surface area contributed by atoms with Crippen molar-refractivity contribution in [3.8, 4) is 17.2 Å². The molecule has 0 spiro atoms. The fourth-order valence-corrected chi connectivity index (χ4v) is 4.63. The molecule has 0 unspecified atom stereocenters. The first kappa shape index (κ1) is 28.6. The van der Waals surface area contributed by atoms with Crippen molar-refractivity contribution in [1.29, 1.82) is 0 Å². The maximum atomic E-state index is 13.5. The molecule has 1 saturated heterocycles. The van der Waals surface area contributed by atoms with Crippen LogP contribution in [-0.4, -0.2) is 70.9 Å². The number of unbranched alkanes of at least 4 members (excludes halogenated alkanes) is 2. The maximum Gasteiger partial charge on any atom is 0.324 e. The molecule has 1 heterocycles. The summed E-state index contributed by atoms with van der Waals surface area (Å²) in [6.07, 6.45) is 5.18. The van der Waals surface area contributed by atoms with Gasteiger partial charge in [-0.25, -0.2) is 17.5 Å². The molecule has 2 aromatic carbocycles. The zero-order valence-corrected chi connectivity index (χ0v) is 23.3. The summed E-state index contributed by atoms with van der Waals surface area (Å²) in [4.78, 5) is 17.1. The second-order valence-corrected chi connectivity index (χ2v) is 11.4. The van der Waals surface area contributed by atoms with Gasteiger partial charge in [0, 0.05) is 44.0 Å². The van der Waals surface area contributed by atoms with Crippen LogP contribution in [0.25, 0.3) is 0 Å². The Balaban J connectivity index is 1.75. The number of ether oxygens (including phenoxy) is 3. The number of nitrogens with zero attached hydrogens (tertiary/aromatic N) is 3. The number of hydrogen-bond acceptors (Lipinski definition) is 6. The Morgan fingerprint density at radius 1 is 0.973 bits per heavy atom. The molecule has 0 saturated carbocycles. The largest absolute Gasteiger partial charge is 0.496 e. The van der Waals surface area contributed by atoms with Gasteiger partial charge in [0.1, 0.15) is 5.75 Å². The lowest BCUT2D eigenvalue weighted by molar-refractivity contribution is 0.191. The number of hydrogen-bond donors (Lipinski definition) is 0. The van der Waals surface area contributed by atoms with Crippen molar-refractivity contribution in [2.45, 2.75) is 45.7 Å². The van der Waals surface area contributed by atoms with E-state index in [1.165, 1.54) is 17.6 Å². The van der Waals surface area contributed by atoms with Gasteiger partial charge in [0.15, 0.2) is 11.5 Å². The smallest absolute Gasteiger partial charge is 0.324 e. The van der Waals surface area contributed by atoms with Gasteiger partial charge in [-0.05, 0) is 36.6 Å². The average Bonchev–Trinajstić information content (AvgIpc) is 2.88. The fourth-order valence-electron chi connectivity index (χ4n) is 4.25. The van der Waals surface area contributed by atoms with E-state index in [0.29, 0.717) is 43.5 Å². The second-order valence-electron chi connectivity index (χ2n) is 9.27. The third-order valence-electron chi connectivity index (χ3n) is 6.46. The molecule has 1 aliphatic rings. The zero-order valence-electron chi connectivity index (χ0n) is 22.5. The van der Waals surface area contributed by atoms with Gasteiger partial charge >= 0.3 is 6.03 Å². The van der Waals surface area contributed by atoms with Gasteiger partial charge < -0.3 is 19.1 Å². The molecule has 3 rings (SSSR count). The highest BCUT2D eigenvalue weighted by molar-refractivity contribution is 7.88. The van der Waals surface area contributed by atoms with Gasteiger partial charge in [0.25, 0.3) is 0 Å². The Kier molecular flexibility index (Phi) is 10.0. The molecule has 0 aromatic heterocycles. The Morgan fingerprint density at radius 2 is 1.73 bits per heavy atom. The lowest BCUT2D eigenvalue weighted by atomic mass is 10.1. The molecule has 10 heteroatoms. The molecule has 1 fully saturated rings. The highest BCUT2D eigenvalue weighted by Crippen LogP contribution is 2.34. The Morgan fingerprint density at radius 3 is 2.41 bits per heavy atom. The summed E-state index contributed by atoms with van der Waals surface area (Å²) < 4.78 is 41.8. The van der Waals surface area contributed by atoms with E-state index in [2.05, 4.69) is 6.92 Å². The molecule has 0 radical (unpaired) electrons. The molecule has 0 aliphatic carbocycles. The lowest BCUT2D eigenvalue weighted by Gasteiger charge is -2.36. The van der Waals surface area contributed by atoms with Gasteiger partial charge in [0.2, 0.25) is 10.0 Å². The third-order valence-corrected chi connectivity index (χ3v) is 7.72. The van der Waals surface area contributed by atoms with Crippen molar-refractivity contribution in [3.05, 3.63) is 47.5 Å². The van der Waals surface area contributed by atoms with Crippen molar-refractivity contribution < 1.29 is 27.4 Å². The van der Waals surface area contributed by atoms with Crippen LogP contribution in [0, 0.1) is 0 Å². The highest BCUT2D eigenvalue weighted by Gasteiger charge is 2.28. The number of urea groups is 1. The van der Waals surface area contributed by atoms with Crippen LogP contribution in [-0.2, 0) is 23.1 Å². The van der Waals surface area contributed by atoms with Crippen molar-refractivity contribution in [2.75, 3.05) is 52.1 Å². The number of benzene rings is 2. The predicted molar refractivity (Wildman–Crippen MR) is 145 cm³/mol. The van der Waals surface area contributed by atoms with Gasteiger partial charge in [-0.15, -0.1) is 0 Å². The number of rotatable bonds is 13. The van der Waals surface area contributed by atoms with E-state index in [4.69, 9.17) is 14.2 Å². The van der Waals surface area contributed by atoms with Crippen LogP contribution in [0.3, 0.4) is 0 Å². The van der Waals surface area contributed by atoms with E-state index in [9.17, 15) is 13.2 Å². The predicted octanol–water partition coefficient (Wildman–Crippen LogP) is 4.50. The summed E-state index contributed by atoms with van der Waals surface area (Å²) in [5.74, 6) is 1.90. The summed E-state index contributed by atoms with van der Waals surface area (Å²) in [7, 11) is 1.43. The fraction of sp³-hybridized carbons (Fsp3) is 0.519. The minimum absolute atomic E-state index is 0.0868. The van der Waals surface area contributed by atoms with E-state index < -0.39 is 10.0 Å². The number of methoxy groups -OCH3 is 2. The van der Waals surface area contributed by atoms with Crippen LogP contribution in [0.5, 0.6) is 17.2 Å². The molecular weight excluding hydrogens is 494 g/mol. The first-order valence-electron chi connectivity index (χ1n) is 12.6. The number of carbonyl (C=O) groups excluding carboxylic acids is 1. The second kappa shape index (κ2) is 13.0. The SMILES string of the molecule is CCCCCOc1cc(N2CCCN(Cc3ccc(CN(C)S(C)(=O)=O)cc3OC)C2=O)ccc1OC. The topological polar surface area (TPSA) is 88.6 Å². The Bertz CT molecular complexity index is 1170. The van der Waals surface area contributed by atoms with E-state index in [-0.39, 0.29) is 12.6 Å². The lowest BCUT2D eigenvalue weighted by Crippen LogP contribution is -2.49. The summed E-state index contributed by atoms with van der Waals surface area (Å²) >= 11 is 0.